The molecule has 0 aliphatic heterocycles. The van der Waals surface area contributed by atoms with Crippen molar-refractivity contribution in [1.29, 1.82) is 0 Å². The van der Waals surface area contributed by atoms with Crippen LogP contribution in [0.2, 0.25) is 0 Å². The maximum absolute atomic E-state index is 10.0. The Morgan fingerprint density at radius 1 is 1.32 bits per heavy atom. The van der Waals surface area contributed by atoms with Crippen LogP contribution in [0.1, 0.15) is 31.2 Å². The molecular weight excluding hydrogens is 240 g/mol. The molecule has 0 fully saturated rings. The molecule has 102 valence electrons. The fourth-order valence-electron chi connectivity index (χ4n) is 2.10. The van der Waals surface area contributed by atoms with Crippen LogP contribution in [0.25, 0.3) is 0 Å². The summed E-state index contributed by atoms with van der Waals surface area (Å²) in [6.07, 6.45) is 6.98. The number of ether oxygens (including phenoxy) is 1. The SMILES string of the molecule is CCCCOC1=CC(c2cccc(O)c2)C(O)C=C1. The zero-order chi connectivity index (χ0) is 13.7. The van der Waals surface area contributed by atoms with Crippen molar-refractivity contribution in [3.05, 3.63) is 53.8 Å². The van der Waals surface area contributed by atoms with Gasteiger partial charge in [0.1, 0.15) is 11.5 Å². The second-order valence-electron chi connectivity index (χ2n) is 4.74. The molecule has 0 saturated carbocycles. The average molecular weight is 260 g/mol. The summed E-state index contributed by atoms with van der Waals surface area (Å²) in [6, 6.07) is 6.97. The molecule has 3 nitrogen and oxygen atoms in total. The van der Waals surface area contributed by atoms with E-state index in [2.05, 4.69) is 6.92 Å². The van der Waals surface area contributed by atoms with Gasteiger partial charge in [-0.2, -0.15) is 0 Å². The molecule has 2 atom stereocenters. The number of rotatable bonds is 5. The molecule has 0 radical (unpaired) electrons. The van der Waals surface area contributed by atoms with Gasteiger partial charge in [-0.25, -0.2) is 0 Å². The molecule has 0 heterocycles. The number of benzene rings is 1. The molecule has 2 rings (SSSR count). The van der Waals surface area contributed by atoms with Crippen molar-refractivity contribution in [3.63, 3.8) is 0 Å². The number of phenols is 1. The minimum absolute atomic E-state index is 0.172. The van der Waals surface area contributed by atoms with Crippen molar-refractivity contribution in [3.8, 4) is 5.75 Å². The van der Waals surface area contributed by atoms with E-state index in [1.807, 2.05) is 12.1 Å². The second-order valence-corrected chi connectivity index (χ2v) is 4.74. The predicted molar refractivity (Wildman–Crippen MR) is 74.9 cm³/mol. The average Bonchev–Trinajstić information content (AvgIpc) is 2.41. The van der Waals surface area contributed by atoms with Crippen molar-refractivity contribution in [2.24, 2.45) is 0 Å². The number of phenolic OH excluding ortho intramolecular Hbond substituents is 1. The quantitative estimate of drug-likeness (QED) is 0.800. The van der Waals surface area contributed by atoms with E-state index >= 15 is 0 Å². The first-order valence-electron chi connectivity index (χ1n) is 6.70. The lowest BCUT2D eigenvalue weighted by Gasteiger charge is -2.22. The lowest BCUT2D eigenvalue weighted by atomic mass is 9.89. The summed E-state index contributed by atoms with van der Waals surface area (Å²) in [5.74, 6) is 0.821. The first kappa shape index (κ1) is 13.7. The van der Waals surface area contributed by atoms with E-state index in [1.165, 1.54) is 0 Å². The van der Waals surface area contributed by atoms with Gasteiger partial charge in [-0.15, -0.1) is 0 Å². The molecule has 1 aromatic carbocycles. The molecule has 2 N–H and O–H groups in total. The molecule has 0 spiro atoms. The Hall–Kier alpha value is -1.74. The summed E-state index contributed by atoms with van der Waals surface area (Å²) in [6.45, 7) is 2.81. The minimum Gasteiger partial charge on any atom is -0.508 e. The Kier molecular flexibility index (Phi) is 4.63. The van der Waals surface area contributed by atoms with Crippen LogP contribution in [0.5, 0.6) is 5.75 Å². The standard InChI is InChI=1S/C16H20O3/c1-2-3-9-19-14-7-8-16(18)15(11-14)12-5-4-6-13(17)10-12/h4-8,10-11,15-18H,2-3,9H2,1H3. The van der Waals surface area contributed by atoms with E-state index in [4.69, 9.17) is 4.74 Å². The summed E-state index contributed by atoms with van der Waals surface area (Å²) in [5, 5.41) is 19.6. The molecule has 19 heavy (non-hydrogen) atoms. The second kappa shape index (κ2) is 6.43. The Labute approximate surface area is 113 Å². The summed E-state index contributed by atoms with van der Waals surface area (Å²) < 4.78 is 5.65. The molecule has 0 bridgehead atoms. The number of allylic oxidation sites excluding steroid dienone is 1. The molecular formula is C16H20O3. The maximum atomic E-state index is 10.0. The molecule has 1 aliphatic rings. The lowest BCUT2D eigenvalue weighted by molar-refractivity contribution is 0.184. The number of hydrogen-bond acceptors (Lipinski definition) is 3. The first-order chi connectivity index (χ1) is 9.20. The van der Waals surface area contributed by atoms with E-state index < -0.39 is 6.10 Å². The summed E-state index contributed by atoms with van der Waals surface area (Å²) in [4.78, 5) is 0. The highest BCUT2D eigenvalue weighted by molar-refractivity contribution is 5.37. The van der Waals surface area contributed by atoms with Crippen LogP contribution in [0.3, 0.4) is 0 Å². The number of unbranched alkanes of at least 4 members (excludes halogenated alkanes) is 1. The first-order valence-corrected chi connectivity index (χ1v) is 6.70. The Balaban J connectivity index is 2.12. The highest BCUT2D eigenvalue weighted by Gasteiger charge is 2.21. The van der Waals surface area contributed by atoms with Crippen molar-refractivity contribution in [1.82, 2.24) is 0 Å². The zero-order valence-electron chi connectivity index (χ0n) is 11.1. The van der Waals surface area contributed by atoms with Crippen molar-refractivity contribution >= 4 is 0 Å². The zero-order valence-corrected chi connectivity index (χ0v) is 11.1. The third-order valence-corrected chi connectivity index (χ3v) is 3.19. The van der Waals surface area contributed by atoms with Crippen LogP contribution in [0, 0.1) is 0 Å². The Bertz CT molecular complexity index is 477. The number of aromatic hydroxyl groups is 1. The molecule has 0 amide bonds. The van der Waals surface area contributed by atoms with Gasteiger partial charge in [0, 0.05) is 5.92 Å². The Morgan fingerprint density at radius 2 is 2.16 bits per heavy atom. The van der Waals surface area contributed by atoms with Gasteiger partial charge in [0.15, 0.2) is 0 Å². The lowest BCUT2D eigenvalue weighted by Crippen LogP contribution is -2.18. The van der Waals surface area contributed by atoms with Gasteiger partial charge >= 0.3 is 0 Å². The minimum atomic E-state index is -0.583. The van der Waals surface area contributed by atoms with Crippen LogP contribution < -0.4 is 0 Å². The van der Waals surface area contributed by atoms with E-state index in [-0.39, 0.29) is 11.7 Å². The van der Waals surface area contributed by atoms with Gasteiger partial charge in [-0.05, 0) is 36.3 Å². The van der Waals surface area contributed by atoms with E-state index in [0.29, 0.717) is 6.61 Å². The van der Waals surface area contributed by atoms with E-state index in [0.717, 1.165) is 24.2 Å². The van der Waals surface area contributed by atoms with Gasteiger partial charge in [0.25, 0.3) is 0 Å². The van der Waals surface area contributed by atoms with Crippen molar-refractivity contribution in [2.75, 3.05) is 6.61 Å². The van der Waals surface area contributed by atoms with Crippen molar-refractivity contribution < 1.29 is 14.9 Å². The smallest absolute Gasteiger partial charge is 0.115 e. The predicted octanol–water partition coefficient (Wildman–Crippen LogP) is 3.11. The van der Waals surface area contributed by atoms with Crippen LogP contribution in [-0.4, -0.2) is 22.9 Å². The van der Waals surface area contributed by atoms with E-state index in [9.17, 15) is 10.2 Å². The largest absolute Gasteiger partial charge is 0.508 e. The summed E-state index contributed by atoms with van der Waals surface area (Å²) >= 11 is 0. The van der Waals surface area contributed by atoms with E-state index in [1.54, 1.807) is 30.4 Å². The Morgan fingerprint density at radius 3 is 2.89 bits per heavy atom. The highest BCUT2D eigenvalue weighted by Crippen LogP contribution is 2.29. The van der Waals surface area contributed by atoms with Crippen LogP contribution in [-0.2, 0) is 4.74 Å². The number of aliphatic hydroxyl groups excluding tert-OH is 1. The molecule has 2 unspecified atom stereocenters. The number of hydrogen-bond donors (Lipinski definition) is 2. The maximum Gasteiger partial charge on any atom is 0.115 e. The topological polar surface area (TPSA) is 49.7 Å². The number of aliphatic hydroxyl groups is 1. The van der Waals surface area contributed by atoms with Crippen LogP contribution in [0.4, 0.5) is 0 Å². The fourth-order valence-corrected chi connectivity index (χ4v) is 2.10. The van der Waals surface area contributed by atoms with Crippen LogP contribution in [0.15, 0.2) is 48.3 Å². The monoisotopic (exact) mass is 260 g/mol. The van der Waals surface area contributed by atoms with Gasteiger partial charge in [0.05, 0.1) is 12.7 Å². The van der Waals surface area contributed by atoms with Crippen molar-refractivity contribution in [2.45, 2.75) is 31.8 Å². The third-order valence-electron chi connectivity index (χ3n) is 3.19. The summed E-state index contributed by atoms with van der Waals surface area (Å²) in [5.41, 5.74) is 0.883. The van der Waals surface area contributed by atoms with Gasteiger partial charge in [-0.1, -0.05) is 31.6 Å². The van der Waals surface area contributed by atoms with Gasteiger partial charge in [0.2, 0.25) is 0 Å². The molecule has 0 aromatic heterocycles. The normalized spacial score (nSPS) is 22.1. The molecule has 1 aliphatic carbocycles. The molecule has 3 heteroatoms. The van der Waals surface area contributed by atoms with Gasteiger partial charge < -0.3 is 14.9 Å². The fraction of sp³-hybridized carbons (Fsp3) is 0.375. The molecule has 0 saturated heterocycles. The molecule has 1 aromatic rings. The highest BCUT2D eigenvalue weighted by atomic mass is 16.5. The van der Waals surface area contributed by atoms with Crippen LogP contribution >= 0.6 is 0 Å². The van der Waals surface area contributed by atoms with Gasteiger partial charge in [-0.3, -0.25) is 0 Å². The third kappa shape index (κ3) is 3.61. The summed E-state index contributed by atoms with van der Waals surface area (Å²) in [7, 11) is 0.